The summed E-state index contributed by atoms with van der Waals surface area (Å²) in [4.78, 5) is 14.0. The Kier molecular flexibility index (Phi) is 3.73. The molecule has 1 aliphatic heterocycles. The average molecular weight is 255 g/mol. The maximum atomic E-state index is 11.8. The molecule has 1 amide bonds. The highest BCUT2D eigenvalue weighted by Gasteiger charge is 2.30. The standard InChI is InChI=1S/C14H26N2O2/c1-14(2,3)18-13(17)15-11-6-5-9-16(10-11)12-7-4-8-12/h11-12H,4-10H2,1-3H3,(H,15,17)/t11-/m1/s1/i12D. The van der Waals surface area contributed by atoms with Gasteiger partial charge in [0.15, 0.2) is 0 Å². The van der Waals surface area contributed by atoms with Crippen LogP contribution < -0.4 is 5.32 Å². The van der Waals surface area contributed by atoms with Crippen molar-refractivity contribution in [2.75, 3.05) is 13.1 Å². The van der Waals surface area contributed by atoms with E-state index in [0.717, 1.165) is 45.2 Å². The molecule has 1 heterocycles. The van der Waals surface area contributed by atoms with Gasteiger partial charge < -0.3 is 10.1 Å². The normalized spacial score (nSPS) is 29.1. The van der Waals surface area contributed by atoms with Crippen molar-refractivity contribution in [1.29, 1.82) is 0 Å². The number of nitrogens with zero attached hydrogens (tertiary/aromatic N) is 1. The van der Waals surface area contributed by atoms with E-state index in [1.807, 2.05) is 20.8 Å². The largest absolute Gasteiger partial charge is 0.444 e. The maximum Gasteiger partial charge on any atom is 0.407 e. The first-order chi connectivity index (χ1) is 8.78. The van der Waals surface area contributed by atoms with Crippen LogP contribution in [0.25, 0.3) is 0 Å². The van der Waals surface area contributed by atoms with Crippen molar-refractivity contribution in [3.63, 3.8) is 0 Å². The number of carbonyl (C=O) groups is 1. The Morgan fingerprint density at radius 2 is 2.06 bits per heavy atom. The SMILES string of the molecule is [2H]C1(N2CCC[C@@H](NC(=O)OC(C)(C)C)C2)CCC1. The number of hydrogen-bond acceptors (Lipinski definition) is 3. The first kappa shape index (κ1) is 12.3. The summed E-state index contributed by atoms with van der Waals surface area (Å²) in [5.41, 5.74) is -0.455. The van der Waals surface area contributed by atoms with Crippen LogP contribution in [-0.2, 0) is 4.74 Å². The topological polar surface area (TPSA) is 41.6 Å². The monoisotopic (exact) mass is 255 g/mol. The third-order valence-corrected chi connectivity index (χ3v) is 3.52. The highest BCUT2D eigenvalue weighted by molar-refractivity contribution is 5.68. The molecule has 0 aromatic rings. The van der Waals surface area contributed by atoms with Gasteiger partial charge >= 0.3 is 6.09 Å². The molecule has 1 atom stereocenters. The third-order valence-electron chi connectivity index (χ3n) is 3.52. The van der Waals surface area contributed by atoms with Gasteiger partial charge in [-0.2, -0.15) is 0 Å². The lowest BCUT2D eigenvalue weighted by Crippen LogP contribution is -2.53. The second-order valence-corrected chi connectivity index (χ2v) is 6.35. The summed E-state index contributed by atoms with van der Waals surface area (Å²) < 4.78 is 13.6. The fourth-order valence-electron chi connectivity index (χ4n) is 2.51. The van der Waals surface area contributed by atoms with E-state index in [2.05, 4.69) is 10.2 Å². The molecule has 0 bridgehead atoms. The smallest absolute Gasteiger partial charge is 0.407 e. The number of alkyl carbamates (subject to hydrolysis) is 1. The van der Waals surface area contributed by atoms with E-state index in [0.29, 0.717) is 0 Å². The zero-order valence-electron chi connectivity index (χ0n) is 12.8. The minimum atomic E-state index is -0.455. The lowest BCUT2D eigenvalue weighted by atomic mass is 9.89. The summed E-state index contributed by atoms with van der Waals surface area (Å²) in [5, 5.41) is 2.94. The van der Waals surface area contributed by atoms with Crippen LogP contribution in [0.5, 0.6) is 0 Å². The van der Waals surface area contributed by atoms with E-state index in [9.17, 15) is 4.79 Å². The van der Waals surface area contributed by atoms with Gasteiger partial charge in [0.2, 0.25) is 0 Å². The molecule has 2 fully saturated rings. The van der Waals surface area contributed by atoms with Crippen LogP contribution >= 0.6 is 0 Å². The third kappa shape index (κ3) is 3.87. The number of piperidine rings is 1. The zero-order chi connectivity index (χ0) is 14.1. The molecule has 0 aromatic heterocycles. The number of rotatable bonds is 2. The van der Waals surface area contributed by atoms with Crippen LogP contribution in [0.15, 0.2) is 0 Å². The van der Waals surface area contributed by atoms with Crippen molar-refractivity contribution in [2.24, 2.45) is 0 Å². The number of amides is 1. The number of ether oxygens (including phenoxy) is 1. The molecule has 1 N–H and O–H groups in total. The van der Waals surface area contributed by atoms with E-state index in [1.54, 1.807) is 0 Å². The minimum absolute atomic E-state index is 0.117. The first-order valence-electron chi connectivity index (χ1n) is 7.53. The van der Waals surface area contributed by atoms with Crippen molar-refractivity contribution < 1.29 is 10.9 Å². The van der Waals surface area contributed by atoms with Crippen LogP contribution in [0.4, 0.5) is 4.79 Å². The zero-order valence-corrected chi connectivity index (χ0v) is 11.8. The highest BCUT2D eigenvalue weighted by Crippen LogP contribution is 2.27. The molecule has 0 aromatic carbocycles. The van der Waals surface area contributed by atoms with Crippen molar-refractivity contribution in [3.05, 3.63) is 0 Å². The lowest BCUT2D eigenvalue weighted by molar-refractivity contribution is 0.0419. The summed E-state index contributed by atoms with van der Waals surface area (Å²) in [5.74, 6) is 0. The molecule has 1 saturated heterocycles. The number of carbonyl (C=O) groups excluding carboxylic acids is 1. The Bertz CT molecular complexity index is 337. The molecule has 2 aliphatic rings. The van der Waals surface area contributed by atoms with Crippen molar-refractivity contribution in [3.8, 4) is 0 Å². The number of likely N-dealkylation sites (tertiary alicyclic amines) is 1. The van der Waals surface area contributed by atoms with Gasteiger partial charge in [-0.25, -0.2) is 4.79 Å². The number of nitrogens with one attached hydrogen (secondary N) is 1. The Labute approximate surface area is 111 Å². The van der Waals surface area contributed by atoms with Crippen LogP contribution in [0, 0.1) is 0 Å². The molecule has 4 heteroatoms. The van der Waals surface area contributed by atoms with Crippen LogP contribution in [0.1, 0.15) is 54.2 Å². The van der Waals surface area contributed by atoms with Crippen LogP contribution in [-0.4, -0.2) is 41.7 Å². The Balaban J connectivity index is 1.82. The molecule has 4 nitrogen and oxygen atoms in total. The van der Waals surface area contributed by atoms with Crippen molar-refractivity contribution in [1.82, 2.24) is 10.2 Å². The van der Waals surface area contributed by atoms with Gasteiger partial charge in [0.1, 0.15) is 5.60 Å². The molecule has 1 saturated carbocycles. The molecule has 0 unspecified atom stereocenters. The summed E-state index contributed by atoms with van der Waals surface area (Å²) in [6, 6.07) is -0.250. The Morgan fingerprint density at radius 1 is 1.33 bits per heavy atom. The molecular formula is C14H26N2O2. The summed E-state index contributed by atoms with van der Waals surface area (Å²) >= 11 is 0. The van der Waals surface area contributed by atoms with Gasteiger partial charge in [-0.05, 0) is 53.0 Å². The average Bonchev–Trinajstić information content (AvgIpc) is 2.23. The van der Waals surface area contributed by atoms with Crippen LogP contribution in [0.3, 0.4) is 0 Å². The summed E-state index contributed by atoms with van der Waals surface area (Å²) in [6.07, 6.45) is 4.77. The Morgan fingerprint density at radius 3 is 2.61 bits per heavy atom. The molecule has 18 heavy (non-hydrogen) atoms. The van der Waals surface area contributed by atoms with Crippen LogP contribution in [0.2, 0.25) is 0 Å². The van der Waals surface area contributed by atoms with Gasteiger partial charge in [0.25, 0.3) is 0 Å². The second-order valence-electron chi connectivity index (χ2n) is 6.35. The van der Waals surface area contributed by atoms with Crippen molar-refractivity contribution >= 4 is 6.09 Å². The highest BCUT2D eigenvalue weighted by atomic mass is 16.6. The molecule has 0 radical (unpaired) electrons. The van der Waals surface area contributed by atoms with E-state index >= 15 is 0 Å². The first-order valence-corrected chi connectivity index (χ1v) is 7.03. The predicted molar refractivity (Wildman–Crippen MR) is 71.6 cm³/mol. The van der Waals surface area contributed by atoms with Gasteiger partial charge in [-0.3, -0.25) is 4.90 Å². The summed E-state index contributed by atoms with van der Waals surface area (Å²) in [6.45, 7) is 7.37. The molecule has 1 aliphatic carbocycles. The minimum Gasteiger partial charge on any atom is -0.444 e. The lowest BCUT2D eigenvalue weighted by Gasteiger charge is -2.42. The quantitative estimate of drug-likeness (QED) is 0.824. The predicted octanol–water partition coefficient (Wildman–Crippen LogP) is 2.53. The van der Waals surface area contributed by atoms with E-state index in [4.69, 9.17) is 6.11 Å². The van der Waals surface area contributed by atoms with Crippen molar-refractivity contribution in [2.45, 2.75) is 70.5 Å². The van der Waals surface area contributed by atoms with E-state index in [-0.39, 0.29) is 18.2 Å². The second kappa shape index (κ2) is 5.47. The van der Waals surface area contributed by atoms with Gasteiger partial charge in [0.05, 0.1) is 0 Å². The molecule has 0 spiro atoms. The van der Waals surface area contributed by atoms with Gasteiger partial charge in [0, 0.05) is 20.0 Å². The van der Waals surface area contributed by atoms with Gasteiger partial charge in [-0.15, -0.1) is 0 Å². The fraction of sp³-hybridized carbons (Fsp3) is 0.929. The summed E-state index contributed by atoms with van der Waals surface area (Å²) in [7, 11) is 0. The maximum absolute atomic E-state index is 11.8. The molecule has 2 rings (SSSR count). The molecular weight excluding hydrogens is 228 g/mol. The number of hydrogen-bond donors (Lipinski definition) is 1. The Hall–Kier alpha value is -0.770. The molecule has 104 valence electrons. The van der Waals surface area contributed by atoms with Gasteiger partial charge in [-0.1, -0.05) is 6.42 Å². The van der Waals surface area contributed by atoms with E-state index in [1.165, 1.54) is 0 Å². The fourth-order valence-corrected chi connectivity index (χ4v) is 2.51. The van der Waals surface area contributed by atoms with E-state index < -0.39 is 5.60 Å².